The summed E-state index contributed by atoms with van der Waals surface area (Å²) < 4.78 is 3.36. The maximum atomic E-state index is 12.6. The molecule has 1 amide bonds. The number of anilines is 1. The van der Waals surface area contributed by atoms with Crippen molar-refractivity contribution in [3.05, 3.63) is 58.0 Å². The highest BCUT2D eigenvalue weighted by atomic mass is 35.6. The average molecular weight is 561 g/mol. The van der Waals surface area contributed by atoms with Gasteiger partial charge in [-0.2, -0.15) is 0 Å². The Bertz CT molecular complexity index is 1070. The minimum absolute atomic E-state index is 0.0906. The van der Waals surface area contributed by atoms with Crippen LogP contribution in [0.2, 0.25) is 0 Å². The Labute approximate surface area is 223 Å². The summed E-state index contributed by atoms with van der Waals surface area (Å²) in [7, 11) is 0. The number of rotatable bonds is 7. The molecule has 0 unspecified atom stereocenters. The second kappa shape index (κ2) is 12.2. The molecule has 0 bridgehead atoms. The molecule has 3 rings (SSSR count). The summed E-state index contributed by atoms with van der Waals surface area (Å²) in [5.41, 5.74) is 2.34. The third-order valence-electron chi connectivity index (χ3n) is 4.99. The van der Waals surface area contributed by atoms with Crippen LogP contribution < -0.4 is 16.0 Å². The molecular weight excluding hydrogens is 537 g/mol. The lowest BCUT2D eigenvalue weighted by Gasteiger charge is -2.27. The molecule has 1 aliphatic carbocycles. The van der Waals surface area contributed by atoms with Gasteiger partial charge in [0, 0.05) is 11.0 Å². The standard InChI is InChI=1S/C23H24Cl3N3O3S2/c1-2-32-20(31)18-15-10-6-7-11-16(15)34-19(18)28-22(33)29-21(23(24,25)26)27-17(30)13-12-14-8-4-3-5-9-14/h3-5,8-9,12-13,21H,2,6-7,10-11H2,1H3,(H,27,30)(H2,28,29,33)/b13-12-/t21-/m0/s1. The summed E-state index contributed by atoms with van der Waals surface area (Å²) in [6, 6.07) is 9.32. The molecule has 182 valence electrons. The molecule has 1 heterocycles. The number of halogens is 3. The van der Waals surface area contributed by atoms with Gasteiger partial charge in [-0.3, -0.25) is 4.79 Å². The first-order valence-electron chi connectivity index (χ1n) is 10.7. The van der Waals surface area contributed by atoms with Gasteiger partial charge < -0.3 is 20.7 Å². The number of carbonyl (C=O) groups is 2. The zero-order chi connectivity index (χ0) is 24.7. The van der Waals surface area contributed by atoms with E-state index >= 15 is 0 Å². The molecule has 1 aromatic carbocycles. The number of hydrogen-bond acceptors (Lipinski definition) is 5. The van der Waals surface area contributed by atoms with E-state index in [2.05, 4.69) is 16.0 Å². The van der Waals surface area contributed by atoms with Gasteiger partial charge in [0.25, 0.3) is 0 Å². The van der Waals surface area contributed by atoms with Crippen molar-refractivity contribution in [1.82, 2.24) is 10.6 Å². The molecule has 6 nitrogen and oxygen atoms in total. The van der Waals surface area contributed by atoms with Gasteiger partial charge >= 0.3 is 5.97 Å². The maximum absolute atomic E-state index is 12.6. The van der Waals surface area contributed by atoms with Crippen LogP contribution in [0.3, 0.4) is 0 Å². The maximum Gasteiger partial charge on any atom is 0.341 e. The number of thiocarbonyl (C=S) groups is 1. The Kier molecular flexibility index (Phi) is 9.62. The molecule has 0 spiro atoms. The number of esters is 1. The van der Waals surface area contributed by atoms with Crippen molar-refractivity contribution in [3.8, 4) is 0 Å². The lowest BCUT2D eigenvalue weighted by molar-refractivity contribution is -0.117. The molecule has 1 aromatic heterocycles. The van der Waals surface area contributed by atoms with E-state index in [1.807, 2.05) is 30.3 Å². The number of alkyl halides is 3. The van der Waals surface area contributed by atoms with Crippen LogP contribution in [-0.2, 0) is 22.4 Å². The molecule has 0 aliphatic heterocycles. The van der Waals surface area contributed by atoms with Crippen LogP contribution in [0.4, 0.5) is 5.00 Å². The van der Waals surface area contributed by atoms with Crippen molar-refractivity contribution in [2.24, 2.45) is 0 Å². The van der Waals surface area contributed by atoms with Crippen LogP contribution in [0.15, 0.2) is 36.4 Å². The summed E-state index contributed by atoms with van der Waals surface area (Å²) in [5, 5.41) is 9.12. The van der Waals surface area contributed by atoms with E-state index in [9.17, 15) is 9.59 Å². The number of amides is 1. The highest BCUT2D eigenvalue weighted by molar-refractivity contribution is 7.80. The number of hydrogen-bond donors (Lipinski definition) is 3. The summed E-state index contributed by atoms with van der Waals surface area (Å²) >= 11 is 25.1. The monoisotopic (exact) mass is 559 g/mol. The topological polar surface area (TPSA) is 79.5 Å². The fourth-order valence-electron chi connectivity index (χ4n) is 3.47. The van der Waals surface area contributed by atoms with Crippen molar-refractivity contribution < 1.29 is 14.3 Å². The van der Waals surface area contributed by atoms with E-state index in [1.165, 1.54) is 17.4 Å². The Morgan fingerprint density at radius 2 is 1.88 bits per heavy atom. The number of nitrogens with one attached hydrogen (secondary N) is 3. The van der Waals surface area contributed by atoms with E-state index < -0.39 is 21.8 Å². The number of thiophene rings is 1. The smallest absolute Gasteiger partial charge is 0.341 e. The van der Waals surface area contributed by atoms with E-state index in [-0.39, 0.29) is 11.7 Å². The molecule has 1 atom stereocenters. The largest absolute Gasteiger partial charge is 0.462 e. The molecule has 0 saturated carbocycles. The molecule has 11 heteroatoms. The van der Waals surface area contributed by atoms with Crippen molar-refractivity contribution in [3.63, 3.8) is 0 Å². The van der Waals surface area contributed by atoms with E-state index in [0.717, 1.165) is 41.7 Å². The molecule has 0 saturated heterocycles. The highest BCUT2D eigenvalue weighted by Gasteiger charge is 2.35. The SMILES string of the molecule is CCOC(=O)c1c(NC(=S)N[C@H](NC(=O)/C=C\c2ccccc2)C(Cl)(Cl)Cl)sc2c1CCCC2. The van der Waals surface area contributed by atoms with Crippen LogP contribution in [0.25, 0.3) is 6.08 Å². The predicted molar refractivity (Wildman–Crippen MR) is 144 cm³/mol. The average Bonchev–Trinajstić information content (AvgIpc) is 3.15. The minimum Gasteiger partial charge on any atom is -0.462 e. The third kappa shape index (κ3) is 7.33. The van der Waals surface area contributed by atoms with Crippen molar-refractivity contribution in [2.75, 3.05) is 11.9 Å². The van der Waals surface area contributed by atoms with Crippen molar-refractivity contribution in [1.29, 1.82) is 0 Å². The van der Waals surface area contributed by atoms with Crippen LogP contribution >= 0.6 is 58.4 Å². The fraction of sp³-hybridized carbons (Fsp3) is 0.348. The minimum atomic E-state index is -1.90. The van der Waals surface area contributed by atoms with Gasteiger partial charge in [-0.25, -0.2) is 4.79 Å². The van der Waals surface area contributed by atoms with E-state index in [1.54, 1.807) is 13.0 Å². The summed E-state index contributed by atoms with van der Waals surface area (Å²) in [4.78, 5) is 26.2. The number of ether oxygens (including phenoxy) is 1. The van der Waals surface area contributed by atoms with Crippen LogP contribution in [-0.4, -0.2) is 33.6 Å². The van der Waals surface area contributed by atoms with Crippen LogP contribution in [0, 0.1) is 0 Å². The van der Waals surface area contributed by atoms with E-state index in [4.69, 9.17) is 51.8 Å². The van der Waals surface area contributed by atoms with Gasteiger partial charge in [0.1, 0.15) is 11.2 Å². The third-order valence-corrected chi connectivity index (χ3v) is 7.08. The lowest BCUT2D eigenvalue weighted by atomic mass is 9.95. The van der Waals surface area contributed by atoms with E-state index in [0.29, 0.717) is 10.6 Å². The zero-order valence-corrected chi connectivity index (χ0v) is 22.2. The normalized spacial score (nSPS) is 14.2. The molecule has 1 aliphatic rings. The molecule has 2 aromatic rings. The van der Waals surface area contributed by atoms with Gasteiger partial charge in [0.05, 0.1) is 12.2 Å². The number of benzene rings is 1. The Hall–Kier alpha value is -1.84. The fourth-order valence-corrected chi connectivity index (χ4v) is 5.36. The summed E-state index contributed by atoms with van der Waals surface area (Å²) in [6.07, 6.45) is 5.63. The molecule has 34 heavy (non-hydrogen) atoms. The summed E-state index contributed by atoms with van der Waals surface area (Å²) in [6.45, 7) is 2.03. The number of aryl methyl sites for hydroxylation is 1. The Morgan fingerprint density at radius 1 is 1.18 bits per heavy atom. The Balaban J connectivity index is 1.72. The number of fused-ring (bicyclic) bond motifs is 1. The number of carbonyl (C=O) groups excluding carboxylic acids is 2. The first-order chi connectivity index (χ1) is 16.2. The molecular formula is C23H24Cl3N3O3S2. The predicted octanol–water partition coefficient (Wildman–Crippen LogP) is 5.62. The van der Waals surface area contributed by atoms with Gasteiger partial charge in [-0.15, -0.1) is 11.3 Å². The van der Waals surface area contributed by atoms with Crippen molar-refractivity contribution in [2.45, 2.75) is 42.6 Å². The van der Waals surface area contributed by atoms with Crippen LogP contribution in [0.5, 0.6) is 0 Å². The van der Waals surface area contributed by atoms with Gasteiger partial charge in [-0.1, -0.05) is 65.1 Å². The first kappa shape index (κ1) is 26.8. The van der Waals surface area contributed by atoms with Gasteiger partial charge in [0.15, 0.2) is 5.11 Å². The van der Waals surface area contributed by atoms with Crippen molar-refractivity contribution >= 4 is 86.4 Å². The first-order valence-corrected chi connectivity index (χ1v) is 13.0. The zero-order valence-electron chi connectivity index (χ0n) is 18.3. The molecule has 3 N–H and O–H groups in total. The molecule has 0 fully saturated rings. The van der Waals surface area contributed by atoms with Gasteiger partial charge in [0.2, 0.25) is 9.70 Å². The highest BCUT2D eigenvalue weighted by Crippen LogP contribution is 2.38. The van der Waals surface area contributed by atoms with Crippen LogP contribution in [0.1, 0.15) is 46.1 Å². The second-order valence-corrected chi connectivity index (χ2v) is 11.3. The Morgan fingerprint density at radius 3 is 2.56 bits per heavy atom. The quantitative estimate of drug-likeness (QED) is 0.134. The molecule has 0 radical (unpaired) electrons. The lowest BCUT2D eigenvalue weighted by Crippen LogP contribution is -2.55. The second-order valence-electron chi connectivity index (χ2n) is 7.46. The van der Waals surface area contributed by atoms with Gasteiger partial charge in [-0.05, 0) is 62.0 Å². The summed E-state index contributed by atoms with van der Waals surface area (Å²) in [5.74, 6) is -0.876.